The quantitative estimate of drug-likeness (QED) is 0.649. The molecule has 0 radical (unpaired) electrons. The summed E-state index contributed by atoms with van der Waals surface area (Å²) in [5.74, 6) is -0.741. The van der Waals surface area contributed by atoms with E-state index in [0.29, 0.717) is 23.1 Å². The minimum absolute atomic E-state index is 0.228. The van der Waals surface area contributed by atoms with Crippen molar-refractivity contribution in [3.63, 3.8) is 0 Å². The molecule has 1 aromatic heterocycles. The molecule has 0 aliphatic carbocycles. The predicted octanol–water partition coefficient (Wildman–Crippen LogP) is 0.650. The van der Waals surface area contributed by atoms with Crippen molar-refractivity contribution in [1.82, 2.24) is 14.5 Å². The molecule has 0 saturated carbocycles. The number of hydrogen-bond donors (Lipinski definition) is 1. The van der Waals surface area contributed by atoms with Crippen molar-refractivity contribution in [2.45, 2.75) is 18.9 Å². The first kappa shape index (κ1) is 13.3. The normalized spacial score (nSPS) is 18.8. The van der Waals surface area contributed by atoms with E-state index in [9.17, 15) is 14.4 Å². The van der Waals surface area contributed by atoms with Crippen molar-refractivity contribution in [2.75, 3.05) is 0 Å². The van der Waals surface area contributed by atoms with E-state index in [4.69, 9.17) is 0 Å². The van der Waals surface area contributed by atoms with Gasteiger partial charge in [0.25, 0.3) is 0 Å². The monoisotopic (exact) mass is 286 g/mol. The third-order valence-corrected chi connectivity index (χ3v) is 3.78. The van der Waals surface area contributed by atoms with Crippen molar-refractivity contribution in [3.8, 4) is 0 Å². The summed E-state index contributed by atoms with van der Waals surface area (Å²) < 4.78 is 2.90. The summed E-state index contributed by atoms with van der Waals surface area (Å²) in [5, 5.41) is 2.28. The van der Waals surface area contributed by atoms with Crippen LogP contribution < -0.4 is 11.0 Å². The summed E-state index contributed by atoms with van der Waals surface area (Å²) in [6, 6.07) is 4.55. The van der Waals surface area contributed by atoms with Gasteiger partial charge in [-0.1, -0.05) is 0 Å². The fourth-order valence-electron chi connectivity index (χ4n) is 2.68. The fourth-order valence-corrected chi connectivity index (χ4v) is 2.68. The Hall–Kier alpha value is -2.70. The first-order valence-corrected chi connectivity index (χ1v) is 6.54. The predicted molar refractivity (Wildman–Crippen MR) is 77.8 cm³/mol. The Morgan fingerprint density at radius 3 is 2.71 bits per heavy atom. The first-order chi connectivity index (χ1) is 10.0. The number of hydrogen-bond acceptors (Lipinski definition) is 4. The smallest absolute Gasteiger partial charge is 0.295 e. The zero-order valence-corrected chi connectivity index (χ0v) is 11.5. The van der Waals surface area contributed by atoms with Crippen molar-refractivity contribution in [1.29, 1.82) is 0 Å². The second-order valence-electron chi connectivity index (χ2n) is 5.01. The van der Waals surface area contributed by atoms with Crippen LogP contribution in [0.25, 0.3) is 11.0 Å². The van der Waals surface area contributed by atoms with Gasteiger partial charge in [0.15, 0.2) is 0 Å². The van der Waals surface area contributed by atoms with Crippen LogP contribution in [0.4, 0.5) is 5.69 Å². The Morgan fingerprint density at radius 2 is 2.05 bits per heavy atom. The van der Waals surface area contributed by atoms with E-state index in [-0.39, 0.29) is 18.0 Å². The summed E-state index contributed by atoms with van der Waals surface area (Å²) in [7, 11) is 1.64. The summed E-state index contributed by atoms with van der Waals surface area (Å²) in [4.78, 5) is 39.5. The highest BCUT2D eigenvalue weighted by atomic mass is 16.2. The lowest BCUT2D eigenvalue weighted by atomic mass is 10.1. The highest BCUT2D eigenvalue weighted by molar-refractivity contribution is 6.00. The Kier molecular flexibility index (Phi) is 2.97. The average Bonchev–Trinajstić information content (AvgIpc) is 2.71. The van der Waals surface area contributed by atoms with E-state index in [0.717, 1.165) is 0 Å². The minimum Gasteiger partial charge on any atom is -0.295 e. The number of carbonyl (C=O) groups excluding carboxylic acids is 2. The summed E-state index contributed by atoms with van der Waals surface area (Å²) >= 11 is 0. The van der Waals surface area contributed by atoms with Crippen LogP contribution in [-0.4, -0.2) is 27.7 Å². The Morgan fingerprint density at radius 1 is 1.29 bits per heavy atom. The van der Waals surface area contributed by atoms with E-state index < -0.39 is 11.9 Å². The lowest BCUT2D eigenvalue weighted by Gasteiger charge is -2.21. The molecule has 3 rings (SSSR count). The van der Waals surface area contributed by atoms with Gasteiger partial charge < -0.3 is 0 Å². The molecule has 7 heteroatoms. The van der Waals surface area contributed by atoms with Crippen LogP contribution in [0.2, 0.25) is 0 Å². The summed E-state index contributed by atoms with van der Waals surface area (Å²) in [5.41, 5.74) is 1.68. The number of imidazole rings is 1. The molecule has 21 heavy (non-hydrogen) atoms. The van der Waals surface area contributed by atoms with E-state index in [2.05, 4.69) is 17.0 Å². The number of piperidine rings is 1. The van der Waals surface area contributed by atoms with Gasteiger partial charge in [0.1, 0.15) is 6.04 Å². The van der Waals surface area contributed by atoms with E-state index in [1.165, 1.54) is 9.13 Å². The maximum absolute atomic E-state index is 12.4. The molecule has 1 aliphatic rings. The number of aromatic nitrogens is 2. The third kappa shape index (κ3) is 1.97. The number of aryl methyl sites for hydroxylation is 1. The van der Waals surface area contributed by atoms with Crippen molar-refractivity contribution in [2.24, 2.45) is 12.0 Å². The van der Waals surface area contributed by atoms with Crippen LogP contribution in [0.15, 0.2) is 28.0 Å². The third-order valence-electron chi connectivity index (χ3n) is 3.78. The zero-order chi connectivity index (χ0) is 15.1. The average molecular weight is 286 g/mol. The Bertz CT molecular complexity index is 831. The van der Waals surface area contributed by atoms with E-state index in [1.54, 1.807) is 25.2 Å². The first-order valence-electron chi connectivity index (χ1n) is 6.54. The molecule has 2 heterocycles. The number of benzene rings is 1. The fraction of sp³-hybridized carbons (Fsp3) is 0.286. The van der Waals surface area contributed by atoms with Crippen molar-refractivity contribution >= 4 is 35.3 Å². The standard InChI is InChI=1S/C14H14N4O3/c1-15-8-3-4-9-11(7-8)17(2)14(21)18(9)10-5-6-12(19)16-13(10)20/h3-4,7,10H,1,5-6H2,2H3,(H,16,19,20). The summed E-state index contributed by atoms with van der Waals surface area (Å²) in [6.07, 6.45) is 0.552. The van der Waals surface area contributed by atoms with Gasteiger partial charge in [0.05, 0.1) is 16.7 Å². The number of amides is 2. The lowest BCUT2D eigenvalue weighted by molar-refractivity contribution is -0.135. The molecule has 1 aromatic carbocycles. The van der Waals surface area contributed by atoms with Gasteiger partial charge in [-0.25, -0.2) is 4.79 Å². The molecule has 1 saturated heterocycles. The molecule has 1 fully saturated rings. The maximum atomic E-state index is 12.4. The molecular formula is C14H14N4O3. The van der Waals surface area contributed by atoms with Crippen LogP contribution in [0.5, 0.6) is 0 Å². The highest BCUT2D eigenvalue weighted by Crippen LogP contribution is 2.25. The number of carbonyl (C=O) groups is 2. The second kappa shape index (κ2) is 4.69. The molecule has 2 aromatic rings. The van der Waals surface area contributed by atoms with Gasteiger partial charge in [-0.2, -0.15) is 0 Å². The topological polar surface area (TPSA) is 85.5 Å². The molecule has 1 atom stereocenters. The highest BCUT2D eigenvalue weighted by Gasteiger charge is 2.31. The van der Waals surface area contributed by atoms with Crippen molar-refractivity contribution in [3.05, 3.63) is 28.7 Å². The van der Waals surface area contributed by atoms with Gasteiger partial charge in [-0.15, -0.1) is 0 Å². The van der Waals surface area contributed by atoms with Crippen LogP contribution >= 0.6 is 0 Å². The largest absolute Gasteiger partial charge is 0.329 e. The Balaban J connectivity index is 2.21. The van der Waals surface area contributed by atoms with E-state index >= 15 is 0 Å². The number of nitrogens with one attached hydrogen (secondary N) is 1. The van der Waals surface area contributed by atoms with Crippen LogP contribution in [0, 0.1) is 0 Å². The number of imide groups is 1. The lowest BCUT2D eigenvalue weighted by Crippen LogP contribution is -2.44. The van der Waals surface area contributed by atoms with Crippen LogP contribution in [-0.2, 0) is 16.6 Å². The SMILES string of the molecule is C=Nc1ccc2c(c1)n(C)c(=O)n2C1CCC(=O)NC1=O. The number of aliphatic imine (C=N–C) groups is 1. The minimum atomic E-state index is -0.665. The number of fused-ring (bicyclic) bond motifs is 1. The number of nitrogens with zero attached hydrogens (tertiary/aromatic N) is 3. The van der Waals surface area contributed by atoms with E-state index in [1.807, 2.05) is 0 Å². The van der Waals surface area contributed by atoms with Crippen molar-refractivity contribution < 1.29 is 9.59 Å². The Labute approximate surface area is 119 Å². The summed E-state index contributed by atoms with van der Waals surface area (Å²) in [6.45, 7) is 3.46. The molecule has 0 spiro atoms. The van der Waals surface area contributed by atoms with Crippen LogP contribution in [0.1, 0.15) is 18.9 Å². The maximum Gasteiger partial charge on any atom is 0.329 e. The number of rotatable bonds is 2. The molecular weight excluding hydrogens is 272 g/mol. The molecule has 0 bridgehead atoms. The van der Waals surface area contributed by atoms with Gasteiger partial charge in [0.2, 0.25) is 11.8 Å². The molecule has 7 nitrogen and oxygen atoms in total. The van der Waals surface area contributed by atoms with Crippen LogP contribution in [0.3, 0.4) is 0 Å². The van der Waals surface area contributed by atoms with Gasteiger partial charge in [-0.3, -0.25) is 29.0 Å². The second-order valence-corrected chi connectivity index (χ2v) is 5.01. The van der Waals surface area contributed by atoms with Gasteiger partial charge in [-0.05, 0) is 31.3 Å². The molecule has 2 amide bonds. The molecule has 1 aliphatic heterocycles. The molecule has 1 unspecified atom stereocenters. The van der Waals surface area contributed by atoms with Gasteiger partial charge >= 0.3 is 5.69 Å². The van der Waals surface area contributed by atoms with Gasteiger partial charge in [0, 0.05) is 13.5 Å². The molecule has 108 valence electrons. The molecule has 1 N–H and O–H groups in total. The zero-order valence-electron chi connectivity index (χ0n) is 11.5.